The second kappa shape index (κ2) is 6.30. The van der Waals surface area contributed by atoms with E-state index in [1.54, 1.807) is 0 Å². The predicted molar refractivity (Wildman–Crippen MR) is 66.9 cm³/mol. The van der Waals surface area contributed by atoms with E-state index in [0.29, 0.717) is 26.3 Å². The van der Waals surface area contributed by atoms with Crippen LogP contribution >= 0.6 is 15.9 Å². The maximum atomic E-state index is 12.0. The molecule has 1 N–H and O–H groups in total. The predicted octanol–water partition coefficient (Wildman–Crippen LogP) is 0.572. The monoisotopic (exact) mass is 314 g/mol. The molecule has 0 saturated carbocycles. The third-order valence-corrected chi connectivity index (χ3v) is 5.48. The first kappa shape index (κ1) is 14.4. The molecule has 0 aliphatic carbocycles. The Morgan fingerprint density at radius 2 is 1.94 bits per heavy atom. The van der Waals surface area contributed by atoms with Crippen molar-refractivity contribution in [3.8, 4) is 0 Å². The first-order chi connectivity index (χ1) is 7.47. The molecule has 1 saturated heterocycles. The minimum Gasteiger partial charge on any atom is -0.379 e. The lowest BCUT2D eigenvalue weighted by Crippen LogP contribution is -2.50. The molecule has 0 aromatic carbocycles. The van der Waals surface area contributed by atoms with Crippen LogP contribution in [0.25, 0.3) is 0 Å². The summed E-state index contributed by atoms with van der Waals surface area (Å²) in [6.07, 6.45) is 0. The van der Waals surface area contributed by atoms with Crippen LogP contribution in [0.3, 0.4) is 0 Å². The highest BCUT2D eigenvalue weighted by molar-refractivity contribution is 9.09. The molecule has 1 rings (SSSR count). The zero-order valence-corrected chi connectivity index (χ0v) is 12.1. The third-order valence-electron chi connectivity index (χ3n) is 2.74. The van der Waals surface area contributed by atoms with E-state index in [2.05, 4.69) is 20.7 Å². The zero-order valence-electron chi connectivity index (χ0n) is 9.65. The van der Waals surface area contributed by atoms with Gasteiger partial charge in [-0.15, -0.1) is 0 Å². The van der Waals surface area contributed by atoms with Crippen LogP contribution in [-0.4, -0.2) is 50.4 Å². The lowest BCUT2D eigenvalue weighted by atomic mass is 10.1. The molecule has 0 aromatic rings. The van der Waals surface area contributed by atoms with Crippen molar-refractivity contribution in [1.29, 1.82) is 0 Å². The van der Waals surface area contributed by atoms with Crippen molar-refractivity contribution in [3.63, 3.8) is 0 Å². The number of ether oxygens (including phenoxy) is 1. The van der Waals surface area contributed by atoms with E-state index in [1.807, 2.05) is 13.8 Å². The summed E-state index contributed by atoms with van der Waals surface area (Å²) in [5.41, 5.74) is 0. The fourth-order valence-corrected chi connectivity index (χ4v) is 3.39. The SMILES string of the molecule is CC(CBr)C(C)NS(=O)(=O)N1CCOCC1. The Bertz CT molecular complexity index is 304. The summed E-state index contributed by atoms with van der Waals surface area (Å²) < 4.78 is 33.2. The fraction of sp³-hybridized carbons (Fsp3) is 1.00. The van der Waals surface area contributed by atoms with Gasteiger partial charge in [-0.05, 0) is 12.8 Å². The maximum Gasteiger partial charge on any atom is 0.279 e. The van der Waals surface area contributed by atoms with E-state index in [4.69, 9.17) is 4.74 Å². The van der Waals surface area contributed by atoms with Crippen molar-refractivity contribution in [3.05, 3.63) is 0 Å². The second-order valence-electron chi connectivity index (χ2n) is 4.05. The van der Waals surface area contributed by atoms with Crippen molar-refractivity contribution in [2.24, 2.45) is 5.92 Å². The summed E-state index contributed by atoms with van der Waals surface area (Å²) in [7, 11) is -3.36. The van der Waals surface area contributed by atoms with Gasteiger partial charge < -0.3 is 4.74 Å². The largest absolute Gasteiger partial charge is 0.379 e. The van der Waals surface area contributed by atoms with E-state index < -0.39 is 10.2 Å². The van der Waals surface area contributed by atoms with Gasteiger partial charge in [0, 0.05) is 24.5 Å². The Kier molecular flexibility index (Phi) is 5.66. The summed E-state index contributed by atoms with van der Waals surface area (Å²) in [6.45, 7) is 5.70. The summed E-state index contributed by atoms with van der Waals surface area (Å²) >= 11 is 3.35. The molecule has 0 radical (unpaired) electrons. The summed E-state index contributed by atoms with van der Waals surface area (Å²) in [4.78, 5) is 0. The maximum absolute atomic E-state index is 12.0. The van der Waals surface area contributed by atoms with Gasteiger partial charge in [0.05, 0.1) is 13.2 Å². The fourth-order valence-electron chi connectivity index (χ4n) is 1.35. The highest BCUT2D eigenvalue weighted by Gasteiger charge is 2.26. The first-order valence-electron chi connectivity index (χ1n) is 5.38. The van der Waals surface area contributed by atoms with Crippen LogP contribution in [0.5, 0.6) is 0 Å². The summed E-state index contributed by atoms with van der Waals surface area (Å²) in [5.74, 6) is 0.260. The Morgan fingerprint density at radius 1 is 1.38 bits per heavy atom. The number of morpholine rings is 1. The van der Waals surface area contributed by atoms with E-state index in [-0.39, 0.29) is 12.0 Å². The van der Waals surface area contributed by atoms with Crippen LogP contribution in [0, 0.1) is 5.92 Å². The molecule has 1 heterocycles. The minimum atomic E-state index is -3.36. The normalized spacial score (nSPS) is 22.9. The van der Waals surface area contributed by atoms with Gasteiger partial charge in [-0.1, -0.05) is 22.9 Å². The van der Waals surface area contributed by atoms with Crippen LogP contribution in [0.4, 0.5) is 0 Å². The molecule has 7 heteroatoms. The molecular weight excluding hydrogens is 296 g/mol. The first-order valence-corrected chi connectivity index (χ1v) is 7.94. The Morgan fingerprint density at radius 3 is 2.44 bits per heavy atom. The zero-order chi connectivity index (χ0) is 12.2. The molecule has 96 valence electrons. The topological polar surface area (TPSA) is 58.6 Å². The van der Waals surface area contributed by atoms with E-state index in [0.717, 1.165) is 5.33 Å². The van der Waals surface area contributed by atoms with Crippen LogP contribution in [0.15, 0.2) is 0 Å². The Hall–Kier alpha value is 0.310. The van der Waals surface area contributed by atoms with Crippen molar-refractivity contribution < 1.29 is 13.2 Å². The standard InChI is InChI=1S/C9H19BrN2O3S/c1-8(7-10)9(2)11-16(13,14)12-3-5-15-6-4-12/h8-9,11H,3-7H2,1-2H3. The molecule has 0 bridgehead atoms. The molecular formula is C9H19BrN2O3S. The number of hydrogen-bond donors (Lipinski definition) is 1. The molecule has 0 spiro atoms. The lowest BCUT2D eigenvalue weighted by molar-refractivity contribution is 0.0722. The van der Waals surface area contributed by atoms with E-state index in [1.165, 1.54) is 4.31 Å². The molecule has 1 aliphatic rings. The smallest absolute Gasteiger partial charge is 0.279 e. The van der Waals surface area contributed by atoms with Crippen LogP contribution in [0.1, 0.15) is 13.8 Å². The summed E-state index contributed by atoms with van der Waals surface area (Å²) in [5, 5.41) is 0.778. The molecule has 1 aliphatic heterocycles. The quantitative estimate of drug-likeness (QED) is 0.755. The molecule has 0 aromatic heterocycles. The van der Waals surface area contributed by atoms with E-state index in [9.17, 15) is 8.42 Å². The van der Waals surface area contributed by atoms with Gasteiger partial charge >= 0.3 is 0 Å². The molecule has 5 nitrogen and oxygen atoms in total. The van der Waals surface area contributed by atoms with Crippen molar-refractivity contribution >= 4 is 26.1 Å². The van der Waals surface area contributed by atoms with Crippen molar-refractivity contribution in [2.75, 3.05) is 31.6 Å². The van der Waals surface area contributed by atoms with Crippen molar-refractivity contribution in [2.45, 2.75) is 19.9 Å². The molecule has 2 unspecified atom stereocenters. The van der Waals surface area contributed by atoms with Crippen LogP contribution < -0.4 is 4.72 Å². The molecule has 1 fully saturated rings. The van der Waals surface area contributed by atoms with Gasteiger partial charge in [-0.2, -0.15) is 17.4 Å². The number of alkyl halides is 1. The van der Waals surface area contributed by atoms with Crippen LogP contribution in [0.2, 0.25) is 0 Å². The van der Waals surface area contributed by atoms with Crippen LogP contribution in [-0.2, 0) is 14.9 Å². The van der Waals surface area contributed by atoms with Gasteiger partial charge in [0.25, 0.3) is 10.2 Å². The highest BCUT2D eigenvalue weighted by atomic mass is 79.9. The minimum absolute atomic E-state index is 0.0766. The molecule has 16 heavy (non-hydrogen) atoms. The van der Waals surface area contributed by atoms with Gasteiger partial charge in [0.1, 0.15) is 0 Å². The number of rotatable bonds is 5. The Balaban J connectivity index is 2.56. The van der Waals surface area contributed by atoms with Crippen molar-refractivity contribution in [1.82, 2.24) is 9.03 Å². The third kappa shape index (κ3) is 3.96. The number of hydrogen-bond acceptors (Lipinski definition) is 3. The summed E-state index contributed by atoms with van der Waals surface area (Å²) in [6, 6.07) is -0.0766. The molecule has 0 amide bonds. The number of halogens is 1. The highest BCUT2D eigenvalue weighted by Crippen LogP contribution is 2.10. The van der Waals surface area contributed by atoms with Gasteiger partial charge in [0.15, 0.2) is 0 Å². The second-order valence-corrected chi connectivity index (χ2v) is 6.40. The van der Waals surface area contributed by atoms with Gasteiger partial charge in [0.2, 0.25) is 0 Å². The lowest BCUT2D eigenvalue weighted by Gasteiger charge is -2.29. The Labute approximate surface area is 106 Å². The average molecular weight is 315 g/mol. The van der Waals surface area contributed by atoms with Gasteiger partial charge in [-0.3, -0.25) is 0 Å². The van der Waals surface area contributed by atoms with E-state index >= 15 is 0 Å². The average Bonchev–Trinajstić information content (AvgIpc) is 2.28. The number of nitrogens with zero attached hydrogens (tertiary/aromatic N) is 1. The molecule has 2 atom stereocenters. The number of nitrogens with one attached hydrogen (secondary N) is 1. The van der Waals surface area contributed by atoms with Gasteiger partial charge in [-0.25, -0.2) is 0 Å².